The van der Waals surface area contributed by atoms with E-state index < -0.39 is 10.0 Å². The molecule has 0 spiro atoms. The van der Waals surface area contributed by atoms with E-state index in [1.807, 2.05) is 17.9 Å². The summed E-state index contributed by atoms with van der Waals surface area (Å²) in [5, 5.41) is 0. The summed E-state index contributed by atoms with van der Waals surface area (Å²) in [5.41, 5.74) is 3.14. The molecule has 2 aromatic rings. The van der Waals surface area contributed by atoms with Gasteiger partial charge in [-0.2, -0.15) is 0 Å². The van der Waals surface area contributed by atoms with E-state index in [0.29, 0.717) is 19.5 Å². The fourth-order valence-corrected chi connectivity index (χ4v) is 6.14. The summed E-state index contributed by atoms with van der Waals surface area (Å²) in [6.45, 7) is 7.94. The molecule has 0 unspecified atom stereocenters. The van der Waals surface area contributed by atoms with E-state index in [1.54, 1.807) is 18.2 Å². The second kappa shape index (κ2) is 9.77. The average Bonchev–Trinajstić information content (AvgIpc) is 3.62. The monoisotopic (exact) mass is 482 g/mol. The van der Waals surface area contributed by atoms with Crippen molar-refractivity contribution in [2.45, 2.75) is 43.7 Å². The number of piperazine rings is 1. The van der Waals surface area contributed by atoms with Crippen molar-refractivity contribution in [3.05, 3.63) is 59.7 Å². The molecule has 1 N–H and O–H groups in total. The number of nitrogens with one attached hydrogen (secondary N) is 1. The largest absolute Gasteiger partial charge is 0.309 e. The molecule has 1 saturated heterocycles. The predicted octanol–water partition coefficient (Wildman–Crippen LogP) is 2.47. The van der Waals surface area contributed by atoms with Gasteiger partial charge in [0.15, 0.2) is 0 Å². The van der Waals surface area contributed by atoms with Crippen LogP contribution in [-0.2, 0) is 27.8 Å². The average molecular weight is 483 g/mol. The zero-order valence-corrected chi connectivity index (χ0v) is 20.6. The third-order valence-electron chi connectivity index (χ3n) is 7.17. The molecule has 2 aliphatic heterocycles. The van der Waals surface area contributed by atoms with Crippen molar-refractivity contribution in [1.82, 2.24) is 14.5 Å². The first kappa shape index (κ1) is 23.5. The molecule has 1 saturated carbocycles. The maximum Gasteiger partial charge on any atom is 0.240 e. The second-order valence-electron chi connectivity index (χ2n) is 9.83. The van der Waals surface area contributed by atoms with E-state index in [0.717, 1.165) is 56.8 Å². The number of rotatable bonds is 8. The zero-order chi connectivity index (χ0) is 23.7. The lowest BCUT2D eigenvalue weighted by atomic mass is 10.1. The Balaban J connectivity index is 1.12. The lowest BCUT2D eigenvalue weighted by Gasteiger charge is -2.34. The number of carbonyl (C=O) groups is 1. The van der Waals surface area contributed by atoms with Gasteiger partial charge in [-0.15, -0.1) is 0 Å². The summed E-state index contributed by atoms with van der Waals surface area (Å²) < 4.78 is 28.6. The van der Waals surface area contributed by atoms with Crippen molar-refractivity contribution in [1.29, 1.82) is 0 Å². The Kier molecular flexibility index (Phi) is 6.75. The van der Waals surface area contributed by atoms with Crippen LogP contribution in [0.1, 0.15) is 30.9 Å². The minimum absolute atomic E-state index is 0.0783. The molecule has 34 heavy (non-hydrogen) atoms. The first-order valence-corrected chi connectivity index (χ1v) is 13.8. The predicted molar refractivity (Wildman–Crippen MR) is 133 cm³/mol. The molecule has 1 aliphatic carbocycles. The minimum atomic E-state index is -3.58. The topological polar surface area (TPSA) is 73.0 Å². The van der Waals surface area contributed by atoms with Crippen LogP contribution in [-0.4, -0.2) is 69.4 Å². The van der Waals surface area contributed by atoms with Gasteiger partial charge < -0.3 is 4.90 Å². The van der Waals surface area contributed by atoms with Crippen molar-refractivity contribution in [2.75, 3.05) is 44.2 Å². The van der Waals surface area contributed by atoms with Crippen LogP contribution in [0.2, 0.25) is 0 Å². The molecular formula is C26H34N4O3S. The second-order valence-corrected chi connectivity index (χ2v) is 11.6. The number of sulfonamides is 1. The Labute approximate surface area is 202 Å². The molecule has 2 fully saturated rings. The maximum absolute atomic E-state index is 12.9. The van der Waals surface area contributed by atoms with Crippen LogP contribution in [0.5, 0.6) is 0 Å². The van der Waals surface area contributed by atoms with E-state index >= 15 is 0 Å². The third-order valence-corrected chi connectivity index (χ3v) is 8.63. The summed E-state index contributed by atoms with van der Waals surface area (Å²) in [6.07, 6.45) is 2.64. The number of fused-ring (bicyclic) bond motifs is 1. The van der Waals surface area contributed by atoms with E-state index in [2.05, 4.69) is 38.8 Å². The highest BCUT2D eigenvalue weighted by atomic mass is 32.2. The summed E-state index contributed by atoms with van der Waals surface area (Å²) in [7, 11) is -3.58. The normalized spacial score (nSPS) is 21.6. The van der Waals surface area contributed by atoms with Gasteiger partial charge in [-0.1, -0.05) is 30.3 Å². The van der Waals surface area contributed by atoms with E-state index in [4.69, 9.17) is 0 Å². The van der Waals surface area contributed by atoms with Gasteiger partial charge in [0.05, 0.1) is 4.90 Å². The van der Waals surface area contributed by atoms with Crippen LogP contribution in [0, 0.1) is 5.92 Å². The van der Waals surface area contributed by atoms with Crippen LogP contribution in [0.3, 0.4) is 0 Å². The Hall–Kier alpha value is -2.26. The number of hydrogen-bond donors (Lipinski definition) is 1. The highest BCUT2D eigenvalue weighted by molar-refractivity contribution is 7.89. The van der Waals surface area contributed by atoms with E-state index in [9.17, 15) is 13.2 Å². The van der Waals surface area contributed by atoms with Crippen LogP contribution in [0.15, 0.2) is 53.4 Å². The number of benzene rings is 2. The highest BCUT2D eigenvalue weighted by Gasteiger charge is 2.39. The van der Waals surface area contributed by atoms with Crippen LogP contribution in [0.4, 0.5) is 5.69 Å². The van der Waals surface area contributed by atoms with E-state index in [-0.39, 0.29) is 22.8 Å². The van der Waals surface area contributed by atoms with Crippen molar-refractivity contribution in [2.24, 2.45) is 5.92 Å². The van der Waals surface area contributed by atoms with Gasteiger partial charge in [0.2, 0.25) is 15.9 Å². The fraction of sp³-hybridized carbons (Fsp3) is 0.500. The molecule has 2 heterocycles. The van der Waals surface area contributed by atoms with Crippen molar-refractivity contribution in [3.8, 4) is 0 Å². The molecule has 8 heteroatoms. The number of carbonyl (C=O) groups excluding carboxylic acids is 1. The minimum Gasteiger partial charge on any atom is -0.309 e. The number of anilines is 1. The van der Waals surface area contributed by atoms with Crippen LogP contribution < -0.4 is 9.62 Å². The standard InChI is InChI=1S/C26H34N4O3S/c1-20-17-23-18-24(9-10-25(23)30(20)26(31)22-7-8-22)34(32,33)27-11-12-28-13-15-29(16-14-28)19-21-5-3-2-4-6-21/h2-6,9-10,18,20,22,27H,7-8,11-17,19H2,1H3/t20-/m0/s1. The number of nitrogens with zero attached hydrogens (tertiary/aromatic N) is 3. The van der Waals surface area contributed by atoms with Gasteiger partial charge in [0.25, 0.3) is 0 Å². The number of hydrogen-bond acceptors (Lipinski definition) is 5. The SMILES string of the molecule is C[C@H]1Cc2cc(S(=O)(=O)NCCN3CCN(Cc4ccccc4)CC3)ccc2N1C(=O)C1CC1. The summed E-state index contributed by atoms with van der Waals surface area (Å²) in [6, 6.07) is 15.8. The van der Waals surface area contributed by atoms with Crippen molar-refractivity contribution in [3.63, 3.8) is 0 Å². The Morgan fingerprint density at radius 3 is 2.41 bits per heavy atom. The molecule has 5 rings (SSSR count). The molecule has 0 radical (unpaired) electrons. The van der Waals surface area contributed by atoms with Gasteiger partial charge in [0, 0.05) is 63.5 Å². The van der Waals surface area contributed by atoms with Crippen LogP contribution in [0.25, 0.3) is 0 Å². The smallest absolute Gasteiger partial charge is 0.240 e. The number of amides is 1. The Bertz CT molecular complexity index is 1130. The van der Waals surface area contributed by atoms with Gasteiger partial charge in [-0.25, -0.2) is 13.1 Å². The van der Waals surface area contributed by atoms with Gasteiger partial charge >= 0.3 is 0 Å². The molecule has 182 valence electrons. The lowest BCUT2D eigenvalue weighted by Crippen LogP contribution is -2.48. The Morgan fingerprint density at radius 1 is 1.00 bits per heavy atom. The first-order chi connectivity index (χ1) is 16.4. The van der Waals surface area contributed by atoms with Crippen molar-refractivity contribution < 1.29 is 13.2 Å². The van der Waals surface area contributed by atoms with Gasteiger partial charge in [0.1, 0.15) is 0 Å². The lowest BCUT2D eigenvalue weighted by molar-refractivity contribution is -0.120. The quantitative estimate of drug-likeness (QED) is 0.626. The Morgan fingerprint density at radius 2 is 1.71 bits per heavy atom. The summed E-state index contributed by atoms with van der Waals surface area (Å²) in [4.78, 5) is 19.6. The van der Waals surface area contributed by atoms with Crippen molar-refractivity contribution >= 4 is 21.6 Å². The molecule has 1 amide bonds. The molecule has 0 bridgehead atoms. The molecule has 0 aromatic heterocycles. The maximum atomic E-state index is 12.9. The van der Waals surface area contributed by atoms with Gasteiger partial charge in [-0.05, 0) is 55.5 Å². The molecule has 1 atom stereocenters. The zero-order valence-electron chi connectivity index (χ0n) is 19.8. The fourth-order valence-electron chi connectivity index (χ4n) is 5.07. The first-order valence-electron chi connectivity index (χ1n) is 12.3. The summed E-state index contributed by atoms with van der Waals surface area (Å²) >= 11 is 0. The molecule has 3 aliphatic rings. The van der Waals surface area contributed by atoms with E-state index in [1.165, 1.54) is 5.56 Å². The third kappa shape index (κ3) is 5.20. The highest BCUT2D eigenvalue weighted by Crippen LogP contribution is 2.39. The van der Waals surface area contributed by atoms with Crippen LogP contribution >= 0.6 is 0 Å². The molecule has 2 aromatic carbocycles. The van der Waals surface area contributed by atoms with Gasteiger partial charge in [-0.3, -0.25) is 14.6 Å². The molecular weight excluding hydrogens is 448 g/mol. The molecule has 7 nitrogen and oxygen atoms in total. The summed E-state index contributed by atoms with van der Waals surface area (Å²) in [5.74, 6) is 0.336.